The van der Waals surface area contributed by atoms with E-state index in [2.05, 4.69) is 13.8 Å². The first-order valence-corrected chi connectivity index (χ1v) is 22.9. The molecule has 3 aliphatic heterocycles. The average molecular weight is 799 g/mol. The van der Waals surface area contributed by atoms with Crippen LogP contribution in [0.1, 0.15) is 172 Å². The van der Waals surface area contributed by atoms with E-state index >= 15 is 0 Å². The van der Waals surface area contributed by atoms with Gasteiger partial charge < -0.3 is 28.8 Å². The molecule has 322 valence electrons. The molecule has 0 aromatic carbocycles. The van der Waals surface area contributed by atoms with Crippen LogP contribution in [0.5, 0.6) is 0 Å². The first-order chi connectivity index (χ1) is 26.6. The van der Waals surface area contributed by atoms with Gasteiger partial charge in [-0.1, -0.05) is 27.7 Å². The van der Waals surface area contributed by atoms with Gasteiger partial charge >= 0.3 is 23.9 Å². The number of rotatable bonds is 10. The molecule has 3 heterocycles. The largest absolute Gasteiger partial charge is 0.459 e. The van der Waals surface area contributed by atoms with Gasteiger partial charge in [0.2, 0.25) is 0 Å². The third-order valence-electron chi connectivity index (χ3n) is 17.0. The summed E-state index contributed by atoms with van der Waals surface area (Å²) in [6, 6.07) is 0. The van der Waals surface area contributed by atoms with Crippen LogP contribution in [-0.2, 0) is 42.9 Å². The highest BCUT2D eigenvalue weighted by atomic mass is 16.7. The number of hydrogen-bond acceptors (Lipinski definition) is 10. The summed E-state index contributed by atoms with van der Waals surface area (Å²) in [6.07, 6.45) is 15.1. The molecular formula is C47H74O10. The van der Waals surface area contributed by atoms with Crippen molar-refractivity contribution in [3.05, 3.63) is 0 Å². The van der Waals surface area contributed by atoms with Gasteiger partial charge in [-0.3, -0.25) is 19.2 Å². The van der Waals surface area contributed by atoms with Crippen molar-refractivity contribution in [1.29, 1.82) is 0 Å². The van der Waals surface area contributed by atoms with Crippen LogP contribution in [0, 0.1) is 57.7 Å². The molecule has 7 atom stereocenters. The minimum Gasteiger partial charge on any atom is -0.459 e. The Kier molecular flexibility index (Phi) is 11.3. The van der Waals surface area contributed by atoms with Crippen LogP contribution in [-0.4, -0.2) is 70.2 Å². The van der Waals surface area contributed by atoms with Crippen molar-refractivity contribution in [2.24, 2.45) is 57.7 Å². The minimum atomic E-state index is -0.555. The highest BCUT2D eigenvalue weighted by molar-refractivity contribution is 5.79. The zero-order chi connectivity index (χ0) is 41.5. The summed E-state index contributed by atoms with van der Waals surface area (Å²) in [7, 11) is 0. The fourth-order valence-electron chi connectivity index (χ4n) is 12.8. The summed E-state index contributed by atoms with van der Waals surface area (Å²) in [4.78, 5) is 48.6. The average Bonchev–Trinajstić information content (AvgIpc) is 3.77. The van der Waals surface area contributed by atoms with E-state index in [4.69, 9.17) is 23.7 Å². The van der Waals surface area contributed by atoms with Crippen LogP contribution < -0.4 is 0 Å². The van der Waals surface area contributed by atoms with Crippen molar-refractivity contribution in [1.82, 2.24) is 0 Å². The van der Waals surface area contributed by atoms with E-state index in [1.165, 1.54) is 38.5 Å². The van der Waals surface area contributed by atoms with Crippen molar-refractivity contribution in [2.75, 3.05) is 0 Å². The summed E-state index contributed by atoms with van der Waals surface area (Å²) >= 11 is 0. The number of carbonyl (C=O) groups excluding carboxylic acids is 4. The van der Waals surface area contributed by atoms with Crippen LogP contribution in [0.2, 0.25) is 0 Å². The van der Waals surface area contributed by atoms with E-state index in [-0.39, 0.29) is 58.6 Å². The molecule has 0 radical (unpaired) electrons. The minimum absolute atomic E-state index is 0.0364. The molecule has 10 nitrogen and oxygen atoms in total. The van der Waals surface area contributed by atoms with Crippen LogP contribution in [0.25, 0.3) is 0 Å². The molecule has 3 saturated heterocycles. The number of hydrogen-bond donors (Lipinski definition) is 1. The topological polar surface area (TPSA) is 135 Å². The SMILES string of the molecule is CCC(C)(C)C(=O)OC1(CC)C2CC3CC(C2)CC1C3.CCC(C)(C)C(=O)OC12CC3CC(CC(O)(C3)C1)C2.CCC(C)(C)C(=O)OC1C2CC3C(=O)OC1C3O2. The summed E-state index contributed by atoms with van der Waals surface area (Å²) in [5.41, 5.74) is -2.30. The number of aliphatic hydroxyl groups is 1. The third kappa shape index (κ3) is 7.83. The summed E-state index contributed by atoms with van der Waals surface area (Å²) in [5, 5.41) is 10.6. The van der Waals surface area contributed by atoms with Crippen molar-refractivity contribution < 1.29 is 48.0 Å². The van der Waals surface area contributed by atoms with Gasteiger partial charge in [0.25, 0.3) is 0 Å². The zero-order valence-electron chi connectivity index (χ0n) is 36.8. The van der Waals surface area contributed by atoms with Gasteiger partial charge in [-0.25, -0.2) is 0 Å². The van der Waals surface area contributed by atoms with Crippen molar-refractivity contribution in [2.45, 2.75) is 213 Å². The van der Waals surface area contributed by atoms with E-state index in [0.29, 0.717) is 42.9 Å². The molecule has 11 rings (SSSR count). The Morgan fingerprint density at radius 3 is 1.65 bits per heavy atom. The van der Waals surface area contributed by atoms with Gasteiger partial charge in [0.1, 0.15) is 17.3 Å². The van der Waals surface area contributed by atoms with Crippen molar-refractivity contribution in [3.8, 4) is 0 Å². The standard InChI is InChI=1S/C18H30O2.C16H26O3.C13H18O5/c1-5-17(3,4)16(19)20-18(6-2)14-8-12-7-13(10-14)11-15(18)9-12;1-4-14(2,3)13(17)19-16-8-11-5-12(9-16)7-15(18,6-11)10-16;1-4-13(2,3)12(15)18-9-7-5-6-8(16-7)10(9)17-11(6)14/h12-15H,5-11H2,1-4H3;11-12,18H,4-10H2,1-3H3;6-10H,4-5H2,1-3H3. The fraction of sp³-hybridized carbons (Fsp3) is 0.915. The lowest BCUT2D eigenvalue weighted by molar-refractivity contribution is -0.225. The summed E-state index contributed by atoms with van der Waals surface area (Å²) in [5.74, 6) is 3.61. The molecule has 0 aromatic rings. The molecule has 11 fully saturated rings. The van der Waals surface area contributed by atoms with Crippen LogP contribution >= 0.6 is 0 Å². The predicted octanol–water partition coefficient (Wildman–Crippen LogP) is 8.67. The highest BCUT2D eigenvalue weighted by Crippen LogP contribution is 2.62. The Balaban J connectivity index is 0.000000131. The van der Waals surface area contributed by atoms with Gasteiger partial charge in [-0.2, -0.15) is 0 Å². The number of ether oxygens (including phenoxy) is 5. The molecule has 57 heavy (non-hydrogen) atoms. The quantitative estimate of drug-likeness (QED) is 0.169. The molecule has 7 unspecified atom stereocenters. The number of carbonyl (C=O) groups is 4. The van der Waals surface area contributed by atoms with Gasteiger partial charge in [0.05, 0.1) is 33.9 Å². The van der Waals surface area contributed by atoms with Crippen LogP contribution in [0.3, 0.4) is 0 Å². The van der Waals surface area contributed by atoms with E-state index in [1.807, 2.05) is 55.4 Å². The maximum Gasteiger partial charge on any atom is 0.312 e. The Bertz CT molecular complexity index is 1520. The maximum atomic E-state index is 12.6. The molecule has 0 spiro atoms. The molecule has 11 aliphatic rings. The predicted molar refractivity (Wildman–Crippen MR) is 213 cm³/mol. The zero-order valence-corrected chi connectivity index (χ0v) is 36.8. The monoisotopic (exact) mass is 799 g/mol. The number of esters is 4. The lowest BCUT2D eigenvalue weighted by Gasteiger charge is -2.60. The van der Waals surface area contributed by atoms with Gasteiger partial charge in [-0.15, -0.1) is 0 Å². The molecule has 10 heteroatoms. The van der Waals surface area contributed by atoms with Gasteiger partial charge in [-0.05, 0) is 173 Å². The molecule has 0 aromatic heterocycles. The first-order valence-electron chi connectivity index (χ1n) is 22.9. The second-order valence-corrected chi connectivity index (χ2v) is 22.2. The smallest absolute Gasteiger partial charge is 0.312 e. The Morgan fingerprint density at radius 2 is 1.16 bits per heavy atom. The van der Waals surface area contributed by atoms with Crippen molar-refractivity contribution in [3.63, 3.8) is 0 Å². The first kappa shape index (κ1) is 42.9. The second kappa shape index (κ2) is 15.1. The highest BCUT2D eigenvalue weighted by Gasteiger charge is 2.65. The van der Waals surface area contributed by atoms with E-state index < -0.39 is 28.6 Å². The molecule has 1 N–H and O–H groups in total. The van der Waals surface area contributed by atoms with E-state index in [9.17, 15) is 24.3 Å². The molecular weight excluding hydrogens is 725 g/mol. The lowest BCUT2D eigenvalue weighted by atomic mass is 9.49. The number of fused-ring (bicyclic) bond motifs is 1. The molecule has 10 bridgehead atoms. The normalized spacial score (nSPS) is 42.8. The van der Waals surface area contributed by atoms with Gasteiger partial charge in [0.15, 0.2) is 12.2 Å². The van der Waals surface area contributed by atoms with E-state index in [0.717, 1.165) is 56.8 Å². The van der Waals surface area contributed by atoms with Crippen LogP contribution in [0.15, 0.2) is 0 Å². The molecule has 8 aliphatic carbocycles. The maximum absolute atomic E-state index is 12.6. The Hall–Kier alpha value is -2.20. The van der Waals surface area contributed by atoms with Crippen molar-refractivity contribution >= 4 is 23.9 Å². The summed E-state index contributed by atoms with van der Waals surface area (Å²) in [6.45, 7) is 19.9. The molecule has 8 saturated carbocycles. The Morgan fingerprint density at radius 1 is 0.667 bits per heavy atom. The summed E-state index contributed by atoms with van der Waals surface area (Å²) < 4.78 is 28.7. The fourth-order valence-corrected chi connectivity index (χ4v) is 12.8. The van der Waals surface area contributed by atoms with Crippen LogP contribution in [0.4, 0.5) is 0 Å². The third-order valence-corrected chi connectivity index (χ3v) is 17.0. The lowest BCUT2D eigenvalue weighted by Crippen LogP contribution is -2.61. The second-order valence-electron chi connectivity index (χ2n) is 22.2. The van der Waals surface area contributed by atoms with Gasteiger partial charge in [0, 0.05) is 6.42 Å². The van der Waals surface area contributed by atoms with E-state index in [1.54, 1.807) is 0 Å². The Labute approximate surface area is 341 Å². The molecule has 0 amide bonds.